The number of hydrogen-bond acceptors (Lipinski definition) is 2. The van der Waals surface area contributed by atoms with E-state index in [-0.39, 0.29) is 6.10 Å². The number of aliphatic hydroxyl groups is 1. The molecule has 1 atom stereocenters. The van der Waals surface area contributed by atoms with Crippen LogP contribution in [0.2, 0.25) is 0 Å². The summed E-state index contributed by atoms with van der Waals surface area (Å²) in [7, 11) is 0. The minimum atomic E-state index is -0.116. The van der Waals surface area contributed by atoms with Crippen LogP contribution in [0, 0.1) is 0 Å². The van der Waals surface area contributed by atoms with Crippen molar-refractivity contribution in [2.45, 2.75) is 12.5 Å². The zero-order valence-electron chi connectivity index (χ0n) is 8.84. The molecule has 0 radical (unpaired) electrons. The zero-order chi connectivity index (χ0) is 10.5. The van der Waals surface area contributed by atoms with Gasteiger partial charge in [0.2, 0.25) is 0 Å². The monoisotopic (exact) mass is 203 g/mol. The van der Waals surface area contributed by atoms with E-state index < -0.39 is 0 Å². The van der Waals surface area contributed by atoms with Crippen molar-refractivity contribution in [2.75, 3.05) is 19.6 Å². The fourth-order valence-electron chi connectivity index (χ4n) is 1.88. The lowest BCUT2D eigenvalue weighted by Gasteiger charge is -2.10. The molecule has 0 spiro atoms. The fraction of sp³-hybridized carbons (Fsp3) is 0.385. The van der Waals surface area contributed by atoms with Crippen LogP contribution in [-0.4, -0.2) is 35.7 Å². The highest BCUT2D eigenvalue weighted by atomic mass is 16.3. The van der Waals surface area contributed by atoms with Gasteiger partial charge >= 0.3 is 0 Å². The summed E-state index contributed by atoms with van der Waals surface area (Å²) in [5, 5.41) is 9.35. The van der Waals surface area contributed by atoms with Gasteiger partial charge in [-0.25, -0.2) is 0 Å². The fourth-order valence-corrected chi connectivity index (χ4v) is 1.88. The van der Waals surface area contributed by atoms with Gasteiger partial charge in [0.25, 0.3) is 0 Å². The standard InChI is InChI=1S/C13H17NO/c15-13-8-10-14(11-13)9-4-7-12-5-2-1-3-6-12/h1-7,13,15H,8-11H2. The summed E-state index contributed by atoms with van der Waals surface area (Å²) in [6, 6.07) is 10.3. The smallest absolute Gasteiger partial charge is 0.0679 e. The van der Waals surface area contributed by atoms with E-state index in [9.17, 15) is 5.11 Å². The van der Waals surface area contributed by atoms with Crippen LogP contribution in [0.3, 0.4) is 0 Å². The molecule has 0 aromatic heterocycles. The maximum Gasteiger partial charge on any atom is 0.0679 e. The molecule has 15 heavy (non-hydrogen) atoms. The Bertz CT molecular complexity index is 321. The molecule has 2 rings (SSSR count). The summed E-state index contributed by atoms with van der Waals surface area (Å²) < 4.78 is 0. The molecule has 1 aliphatic rings. The summed E-state index contributed by atoms with van der Waals surface area (Å²) in [5.74, 6) is 0. The first-order chi connectivity index (χ1) is 7.34. The largest absolute Gasteiger partial charge is 0.392 e. The van der Waals surface area contributed by atoms with Crippen molar-refractivity contribution < 1.29 is 5.11 Å². The lowest BCUT2D eigenvalue weighted by molar-refractivity contribution is 0.179. The number of rotatable bonds is 3. The SMILES string of the molecule is OC1CCN(CC=Cc2ccccc2)C1. The van der Waals surface area contributed by atoms with Gasteiger partial charge in [0.05, 0.1) is 6.10 Å². The number of benzene rings is 1. The predicted molar refractivity (Wildman–Crippen MR) is 62.5 cm³/mol. The molecule has 0 aliphatic carbocycles. The number of nitrogens with zero attached hydrogens (tertiary/aromatic N) is 1. The highest BCUT2D eigenvalue weighted by Gasteiger charge is 2.18. The Balaban J connectivity index is 1.81. The second-order valence-corrected chi connectivity index (χ2v) is 4.02. The van der Waals surface area contributed by atoms with Crippen LogP contribution in [0.1, 0.15) is 12.0 Å². The Morgan fingerprint density at radius 2 is 2.13 bits per heavy atom. The van der Waals surface area contributed by atoms with Gasteiger partial charge in [-0.2, -0.15) is 0 Å². The minimum absolute atomic E-state index is 0.116. The van der Waals surface area contributed by atoms with Crippen LogP contribution in [0.15, 0.2) is 36.4 Å². The maximum atomic E-state index is 9.35. The van der Waals surface area contributed by atoms with Gasteiger partial charge in [0.1, 0.15) is 0 Å². The van der Waals surface area contributed by atoms with Crippen molar-refractivity contribution in [1.29, 1.82) is 0 Å². The summed E-state index contributed by atoms with van der Waals surface area (Å²) >= 11 is 0. The summed E-state index contributed by atoms with van der Waals surface area (Å²) in [5.41, 5.74) is 1.23. The highest BCUT2D eigenvalue weighted by molar-refractivity contribution is 5.48. The minimum Gasteiger partial charge on any atom is -0.392 e. The first kappa shape index (κ1) is 10.4. The number of aliphatic hydroxyl groups excluding tert-OH is 1. The first-order valence-electron chi connectivity index (χ1n) is 5.46. The third-order valence-electron chi connectivity index (χ3n) is 2.72. The Labute approximate surface area is 90.8 Å². The van der Waals surface area contributed by atoms with Gasteiger partial charge in [0, 0.05) is 19.6 Å². The number of β-amino-alcohol motifs (C(OH)–C–C–N with tert-alkyl or cyclic N) is 1. The summed E-state index contributed by atoms with van der Waals surface area (Å²) in [4.78, 5) is 2.27. The Kier molecular flexibility index (Phi) is 3.54. The molecule has 0 bridgehead atoms. The van der Waals surface area contributed by atoms with Gasteiger partial charge in [-0.15, -0.1) is 0 Å². The van der Waals surface area contributed by atoms with Crippen molar-refractivity contribution >= 4 is 6.08 Å². The van der Waals surface area contributed by atoms with Crippen molar-refractivity contribution in [1.82, 2.24) is 4.90 Å². The summed E-state index contributed by atoms with van der Waals surface area (Å²) in [6.07, 6.45) is 5.09. The quantitative estimate of drug-likeness (QED) is 0.809. The normalized spacial score (nSPS) is 22.6. The Morgan fingerprint density at radius 1 is 1.33 bits per heavy atom. The van der Waals surface area contributed by atoms with Gasteiger partial charge in [0.15, 0.2) is 0 Å². The average Bonchev–Trinajstić information content (AvgIpc) is 2.66. The molecule has 2 nitrogen and oxygen atoms in total. The highest BCUT2D eigenvalue weighted by Crippen LogP contribution is 2.08. The Hall–Kier alpha value is -1.12. The van der Waals surface area contributed by atoms with E-state index in [0.29, 0.717) is 0 Å². The van der Waals surface area contributed by atoms with Crippen LogP contribution < -0.4 is 0 Å². The van der Waals surface area contributed by atoms with Crippen LogP contribution >= 0.6 is 0 Å². The van der Waals surface area contributed by atoms with Crippen LogP contribution in [0.4, 0.5) is 0 Å². The van der Waals surface area contributed by atoms with Gasteiger partial charge in [-0.1, -0.05) is 42.5 Å². The molecular weight excluding hydrogens is 186 g/mol. The van der Waals surface area contributed by atoms with E-state index in [2.05, 4.69) is 29.2 Å². The molecule has 2 heteroatoms. The molecule has 1 aromatic rings. The lowest BCUT2D eigenvalue weighted by Crippen LogP contribution is -2.21. The van der Waals surface area contributed by atoms with Gasteiger partial charge < -0.3 is 5.11 Å². The van der Waals surface area contributed by atoms with Crippen molar-refractivity contribution in [3.05, 3.63) is 42.0 Å². The van der Waals surface area contributed by atoms with E-state index in [4.69, 9.17) is 0 Å². The van der Waals surface area contributed by atoms with Crippen LogP contribution in [-0.2, 0) is 0 Å². The second-order valence-electron chi connectivity index (χ2n) is 4.02. The molecule has 1 aliphatic heterocycles. The topological polar surface area (TPSA) is 23.5 Å². The average molecular weight is 203 g/mol. The number of likely N-dealkylation sites (tertiary alicyclic amines) is 1. The molecular formula is C13H17NO. The molecule has 80 valence electrons. The molecule has 1 aromatic carbocycles. The first-order valence-corrected chi connectivity index (χ1v) is 5.46. The van der Waals surface area contributed by atoms with E-state index >= 15 is 0 Å². The zero-order valence-corrected chi connectivity index (χ0v) is 8.84. The van der Waals surface area contributed by atoms with E-state index in [1.165, 1.54) is 5.56 Å². The predicted octanol–water partition coefficient (Wildman–Crippen LogP) is 1.77. The van der Waals surface area contributed by atoms with Crippen LogP contribution in [0.5, 0.6) is 0 Å². The molecule has 0 saturated carbocycles. The molecule has 1 N–H and O–H groups in total. The van der Waals surface area contributed by atoms with Crippen molar-refractivity contribution in [2.24, 2.45) is 0 Å². The lowest BCUT2D eigenvalue weighted by atomic mass is 10.2. The molecule has 0 amide bonds. The van der Waals surface area contributed by atoms with Gasteiger partial charge in [-0.05, 0) is 12.0 Å². The van der Waals surface area contributed by atoms with Crippen LogP contribution in [0.25, 0.3) is 6.08 Å². The van der Waals surface area contributed by atoms with E-state index in [1.54, 1.807) is 0 Å². The Morgan fingerprint density at radius 3 is 2.80 bits per heavy atom. The third kappa shape index (κ3) is 3.18. The number of hydrogen-bond donors (Lipinski definition) is 1. The molecule has 1 saturated heterocycles. The van der Waals surface area contributed by atoms with Crippen molar-refractivity contribution in [3.8, 4) is 0 Å². The third-order valence-corrected chi connectivity index (χ3v) is 2.72. The van der Waals surface area contributed by atoms with Crippen molar-refractivity contribution in [3.63, 3.8) is 0 Å². The second kappa shape index (κ2) is 5.10. The van der Waals surface area contributed by atoms with E-state index in [0.717, 1.165) is 26.1 Å². The van der Waals surface area contributed by atoms with Gasteiger partial charge in [-0.3, -0.25) is 4.90 Å². The molecule has 1 heterocycles. The molecule has 1 unspecified atom stereocenters. The maximum absolute atomic E-state index is 9.35. The summed E-state index contributed by atoms with van der Waals surface area (Å²) in [6.45, 7) is 2.77. The molecule has 1 fully saturated rings. The van der Waals surface area contributed by atoms with E-state index in [1.807, 2.05) is 18.2 Å².